The van der Waals surface area contributed by atoms with Crippen LogP contribution in [0.1, 0.15) is 12.8 Å². The quantitative estimate of drug-likeness (QED) is 0.559. The van der Waals surface area contributed by atoms with Gasteiger partial charge in [0, 0.05) is 12.3 Å². The maximum absolute atomic E-state index is 11.3. The average Bonchev–Trinajstić information content (AvgIpc) is 2.48. The van der Waals surface area contributed by atoms with Crippen LogP contribution in [0, 0.1) is 5.41 Å². The van der Waals surface area contributed by atoms with E-state index < -0.39 is 0 Å². The summed E-state index contributed by atoms with van der Waals surface area (Å²) < 4.78 is 0. The fourth-order valence-corrected chi connectivity index (χ4v) is 3.19. The molecule has 1 unspecified atom stereocenters. The second-order valence-corrected chi connectivity index (χ2v) is 4.19. The van der Waals surface area contributed by atoms with Crippen molar-refractivity contribution in [3.8, 4) is 0 Å². The van der Waals surface area contributed by atoms with E-state index >= 15 is 0 Å². The lowest BCUT2D eigenvalue weighted by molar-refractivity contribution is -0.126. The van der Waals surface area contributed by atoms with Gasteiger partial charge < -0.3 is 5.32 Å². The molecule has 3 heteroatoms. The number of hydrogen-bond acceptors (Lipinski definition) is 2. The van der Waals surface area contributed by atoms with E-state index in [1.807, 2.05) is 11.8 Å². The second-order valence-electron chi connectivity index (χ2n) is 3.09. The van der Waals surface area contributed by atoms with Crippen LogP contribution in [0.2, 0.25) is 0 Å². The zero-order chi connectivity index (χ0) is 7.03. The zero-order valence-corrected chi connectivity index (χ0v) is 6.67. The molecular formula is C7H11NOS. The molecule has 0 aromatic rings. The van der Waals surface area contributed by atoms with E-state index in [1.165, 1.54) is 5.75 Å². The average molecular weight is 157 g/mol. The van der Waals surface area contributed by atoms with Gasteiger partial charge in [0.1, 0.15) is 0 Å². The first-order valence-electron chi connectivity index (χ1n) is 3.70. The molecule has 2 rings (SSSR count). The Bertz CT molecular complexity index is 157. The molecule has 2 heterocycles. The molecule has 10 heavy (non-hydrogen) atoms. The third kappa shape index (κ3) is 0.764. The summed E-state index contributed by atoms with van der Waals surface area (Å²) in [6, 6.07) is 0. The van der Waals surface area contributed by atoms with Crippen LogP contribution in [-0.4, -0.2) is 24.0 Å². The minimum Gasteiger partial charge on any atom is -0.356 e. The van der Waals surface area contributed by atoms with Crippen molar-refractivity contribution in [1.82, 2.24) is 5.32 Å². The van der Waals surface area contributed by atoms with Gasteiger partial charge in [-0.3, -0.25) is 4.79 Å². The van der Waals surface area contributed by atoms with Gasteiger partial charge in [-0.25, -0.2) is 0 Å². The van der Waals surface area contributed by atoms with Crippen LogP contribution in [0.25, 0.3) is 0 Å². The van der Waals surface area contributed by atoms with Gasteiger partial charge in [0.25, 0.3) is 0 Å². The first kappa shape index (κ1) is 6.53. The Morgan fingerprint density at radius 2 is 2.40 bits per heavy atom. The minimum atomic E-state index is 0.0602. The van der Waals surface area contributed by atoms with Crippen molar-refractivity contribution < 1.29 is 4.79 Å². The van der Waals surface area contributed by atoms with Crippen LogP contribution in [0.15, 0.2) is 0 Å². The summed E-state index contributed by atoms with van der Waals surface area (Å²) in [7, 11) is 0. The van der Waals surface area contributed by atoms with Gasteiger partial charge in [-0.2, -0.15) is 11.8 Å². The van der Waals surface area contributed by atoms with Crippen LogP contribution >= 0.6 is 11.8 Å². The van der Waals surface area contributed by atoms with Crippen molar-refractivity contribution in [2.24, 2.45) is 5.41 Å². The standard InChI is InChI=1S/C7H11NOS/c9-6-7(1-3-8-6)2-4-10-5-7/h1-5H2,(H,8,9). The van der Waals surface area contributed by atoms with Gasteiger partial charge in [-0.1, -0.05) is 0 Å². The molecule has 2 aliphatic heterocycles. The Morgan fingerprint density at radius 1 is 1.50 bits per heavy atom. The van der Waals surface area contributed by atoms with Crippen LogP contribution in [-0.2, 0) is 4.79 Å². The number of amides is 1. The molecule has 56 valence electrons. The molecule has 1 amide bonds. The summed E-state index contributed by atoms with van der Waals surface area (Å²) in [6.07, 6.45) is 2.17. The molecule has 1 N–H and O–H groups in total. The molecule has 0 aliphatic carbocycles. The number of hydrogen-bond donors (Lipinski definition) is 1. The molecule has 2 nitrogen and oxygen atoms in total. The van der Waals surface area contributed by atoms with Crippen molar-refractivity contribution >= 4 is 17.7 Å². The Balaban J connectivity index is 2.19. The van der Waals surface area contributed by atoms with Crippen LogP contribution in [0.4, 0.5) is 0 Å². The molecule has 0 bridgehead atoms. The van der Waals surface area contributed by atoms with Crippen molar-refractivity contribution in [3.05, 3.63) is 0 Å². The summed E-state index contributed by atoms with van der Waals surface area (Å²) in [5.74, 6) is 2.53. The highest BCUT2D eigenvalue weighted by Crippen LogP contribution is 2.41. The Hall–Kier alpha value is -0.180. The van der Waals surface area contributed by atoms with E-state index in [9.17, 15) is 4.79 Å². The lowest BCUT2D eigenvalue weighted by atomic mass is 9.86. The summed E-state index contributed by atoms with van der Waals surface area (Å²) in [5, 5.41) is 2.90. The fourth-order valence-electron chi connectivity index (χ4n) is 1.70. The van der Waals surface area contributed by atoms with E-state index in [-0.39, 0.29) is 5.41 Å². The smallest absolute Gasteiger partial charge is 0.227 e. The largest absolute Gasteiger partial charge is 0.356 e. The first-order chi connectivity index (χ1) is 4.83. The Morgan fingerprint density at radius 3 is 2.90 bits per heavy atom. The van der Waals surface area contributed by atoms with Gasteiger partial charge in [-0.05, 0) is 18.6 Å². The third-order valence-electron chi connectivity index (χ3n) is 2.47. The van der Waals surface area contributed by atoms with Gasteiger partial charge in [0.05, 0.1) is 5.41 Å². The van der Waals surface area contributed by atoms with E-state index in [0.29, 0.717) is 5.91 Å². The van der Waals surface area contributed by atoms with Crippen molar-refractivity contribution in [1.29, 1.82) is 0 Å². The zero-order valence-electron chi connectivity index (χ0n) is 5.85. The fraction of sp³-hybridized carbons (Fsp3) is 0.857. The van der Waals surface area contributed by atoms with E-state index in [2.05, 4.69) is 5.32 Å². The molecule has 2 aliphatic rings. The maximum atomic E-state index is 11.3. The topological polar surface area (TPSA) is 29.1 Å². The van der Waals surface area contributed by atoms with Crippen molar-refractivity contribution in [2.45, 2.75) is 12.8 Å². The Kier molecular flexibility index (Phi) is 1.41. The third-order valence-corrected chi connectivity index (χ3v) is 3.72. The number of rotatable bonds is 0. The molecule has 0 aromatic heterocycles. The predicted octanol–water partition coefficient (Wildman–Crippen LogP) is 0.630. The van der Waals surface area contributed by atoms with E-state index in [1.54, 1.807) is 0 Å². The monoisotopic (exact) mass is 157 g/mol. The Labute approximate surface area is 64.8 Å². The molecule has 1 atom stereocenters. The minimum absolute atomic E-state index is 0.0602. The summed E-state index contributed by atoms with van der Waals surface area (Å²) in [5.41, 5.74) is 0.0602. The number of carbonyl (C=O) groups excluding carboxylic acids is 1. The summed E-state index contributed by atoms with van der Waals surface area (Å²) >= 11 is 1.91. The highest BCUT2D eigenvalue weighted by molar-refractivity contribution is 7.99. The van der Waals surface area contributed by atoms with E-state index in [4.69, 9.17) is 0 Å². The summed E-state index contributed by atoms with van der Waals surface area (Å²) in [6.45, 7) is 0.902. The number of nitrogens with one attached hydrogen (secondary N) is 1. The van der Waals surface area contributed by atoms with Crippen LogP contribution in [0.5, 0.6) is 0 Å². The normalized spacial score (nSPS) is 39.0. The lowest BCUT2D eigenvalue weighted by Gasteiger charge is -2.16. The highest BCUT2D eigenvalue weighted by atomic mass is 32.2. The molecule has 0 radical (unpaired) electrons. The van der Waals surface area contributed by atoms with Crippen molar-refractivity contribution in [2.75, 3.05) is 18.1 Å². The lowest BCUT2D eigenvalue weighted by Crippen LogP contribution is -2.30. The predicted molar refractivity (Wildman–Crippen MR) is 42.0 cm³/mol. The molecule has 0 saturated carbocycles. The second kappa shape index (κ2) is 2.16. The van der Waals surface area contributed by atoms with Gasteiger partial charge in [0.2, 0.25) is 5.91 Å². The maximum Gasteiger partial charge on any atom is 0.227 e. The first-order valence-corrected chi connectivity index (χ1v) is 4.85. The number of thioether (sulfide) groups is 1. The SMILES string of the molecule is O=C1NCCC12CCSC2. The van der Waals surface area contributed by atoms with Gasteiger partial charge in [-0.15, -0.1) is 0 Å². The molecule has 2 fully saturated rings. The van der Waals surface area contributed by atoms with Gasteiger partial charge in [0.15, 0.2) is 0 Å². The van der Waals surface area contributed by atoms with Crippen molar-refractivity contribution in [3.63, 3.8) is 0 Å². The van der Waals surface area contributed by atoms with Crippen LogP contribution in [0.3, 0.4) is 0 Å². The van der Waals surface area contributed by atoms with E-state index in [0.717, 1.165) is 25.1 Å². The van der Waals surface area contributed by atoms with Crippen LogP contribution < -0.4 is 5.32 Å². The molecule has 2 saturated heterocycles. The molecule has 0 aromatic carbocycles. The van der Waals surface area contributed by atoms with Gasteiger partial charge >= 0.3 is 0 Å². The molecule has 1 spiro atoms. The highest BCUT2D eigenvalue weighted by Gasteiger charge is 2.44. The number of carbonyl (C=O) groups is 1. The molecular weight excluding hydrogens is 146 g/mol. The summed E-state index contributed by atoms with van der Waals surface area (Å²) in [4.78, 5) is 11.3.